The standard InChI is InChI=1S/C13H11F2NO2S/c14-11-6-5-9(12(15)8-11)7-10-3-1-2-4-13(10)19(16,17)18/h1-6,8H,7H2,(H2,16,17,18). The zero-order valence-electron chi connectivity index (χ0n) is 9.81. The van der Waals surface area contributed by atoms with Crippen LogP contribution in [0.15, 0.2) is 47.4 Å². The Balaban J connectivity index is 2.44. The van der Waals surface area contributed by atoms with E-state index in [0.717, 1.165) is 12.1 Å². The van der Waals surface area contributed by atoms with Gasteiger partial charge in [0, 0.05) is 12.5 Å². The molecular formula is C13H11F2NO2S. The van der Waals surface area contributed by atoms with Gasteiger partial charge in [0.05, 0.1) is 4.90 Å². The Morgan fingerprint density at radius 1 is 1.00 bits per heavy atom. The second-order valence-corrected chi connectivity index (χ2v) is 5.60. The van der Waals surface area contributed by atoms with E-state index in [-0.39, 0.29) is 16.9 Å². The fourth-order valence-corrected chi connectivity index (χ4v) is 2.57. The molecule has 0 heterocycles. The molecule has 0 aliphatic carbocycles. The monoisotopic (exact) mass is 283 g/mol. The van der Waals surface area contributed by atoms with Gasteiger partial charge in [0.1, 0.15) is 11.6 Å². The summed E-state index contributed by atoms with van der Waals surface area (Å²) in [5.74, 6) is -1.40. The molecule has 2 rings (SSSR count). The molecule has 0 atom stereocenters. The van der Waals surface area contributed by atoms with Crippen LogP contribution in [-0.2, 0) is 16.4 Å². The van der Waals surface area contributed by atoms with Crippen LogP contribution in [0.3, 0.4) is 0 Å². The van der Waals surface area contributed by atoms with E-state index in [1.165, 1.54) is 18.2 Å². The van der Waals surface area contributed by atoms with Crippen molar-refractivity contribution in [2.24, 2.45) is 5.14 Å². The lowest BCUT2D eigenvalue weighted by molar-refractivity contribution is 0.573. The molecule has 2 aromatic rings. The Morgan fingerprint density at radius 3 is 2.32 bits per heavy atom. The quantitative estimate of drug-likeness (QED) is 0.938. The first-order valence-electron chi connectivity index (χ1n) is 5.42. The highest BCUT2D eigenvalue weighted by atomic mass is 32.2. The zero-order valence-corrected chi connectivity index (χ0v) is 10.6. The minimum Gasteiger partial charge on any atom is -0.225 e. The van der Waals surface area contributed by atoms with Crippen LogP contribution in [0.25, 0.3) is 0 Å². The van der Waals surface area contributed by atoms with Crippen molar-refractivity contribution in [1.29, 1.82) is 0 Å². The first-order chi connectivity index (χ1) is 8.88. The van der Waals surface area contributed by atoms with E-state index in [2.05, 4.69) is 0 Å². The van der Waals surface area contributed by atoms with Gasteiger partial charge in [-0.05, 0) is 23.3 Å². The third kappa shape index (κ3) is 3.15. The molecule has 2 N–H and O–H groups in total. The molecule has 100 valence electrons. The molecule has 0 spiro atoms. The van der Waals surface area contributed by atoms with E-state index in [4.69, 9.17) is 5.14 Å². The van der Waals surface area contributed by atoms with Crippen LogP contribution in [0, 0.1) is 11.6 Å². The second kappa shape index (κ2) is 5.07. The molecule has 6 heteroatoms. The largest absolute Gasteiger partial charge is 0.238 e. The van der Waals surface area contributed by atoms with E-state index >= 15 is 0 Å². The van der Waals surface area contributed by atoms with Crippen LogP contribution >= 0.6 is 0 Å². The van der Waals surface area contributed by atoms with Gasteiger partial charge in [0.15, 0.2) is 0 Å². The number of hydrogen-bond donors (Lipinski definition) is 1. The Labute approximate surface area is 109 Å². The van der Waals surface area contributed by atoms with Crippen molar-refractivity contribution < 1.29 is 17.2 Å². The molecule has 0 aliphatic rings. The number of rotatable bonds is 3. The molecular weight excluding hydrogens is 272 g/mol. The predicted molar refractivity (Wildman–Crippen MR) is 67.0 cm³/mol. The molecule has 0 saturated heterocycles. The third-order valence-electron chi connectivity index (χ3n) is 2.68. The van der Waals surface area contributed by atoms with Gasteiger partial charge in [-0.1, -0.05) is 24.3 Å². The van der Waals surface area contributed by atoms with Crippen LogP contribution < -0.4 is 5.14 Å². The number of benzene rings is 2. The maximum absolute atomic E-state index is 13.5. The van der Waals surface area contributed by atoms with E-state index in [1.807, 2.05) is 0 Å². The number of hydrogen-bond acceptors (Lipinski definition) is 2. The van der Waals surface area contributed by atoms with Crippen LogP contribution in [-0.4, -0.2) is 8.42 Å². The Kier molecular flexibility index (Phi) is 3.64. The fraction of sp³-hybridized carbons (Fsp3) is 0.0769. The number of halogens is 2. The maximum atomic E-state index is 13.5. The topological polar surface area (TPSA) is 60.2 Å². The smallest absolute Gasteiger partial charge is 0.225 e. The van der Waals surface area contributed by atoms with Crippen molar-refractivity contribution in [2.75, 3.05) is 0 Å². The molecule has 0 aromatic heterocycles. The summed E-state index contributed by atoms with van der Waals surface area (Å²) in [6.45, 7) is 0. The van der Waals surface area contributed by atoms with E-state index in [1.54, 1.807) is 12.1 Å². The van der Waals surface area contributed by atoms with Gasteiger partial charge < -0.3 is 0 Å². The van der Waals surface area contributed by atoms with Gasteiger partial charge >= 0.3 is 0 Å². The number of primary sulfonamides is 1. The molecule has 0 saturated carbocycles. The molecule has 3 nitrogen and oxygen atoms in total. The zero-order chi connectivity index (χ0) is 14.0. The molecule has 2 aromatic carbocycles. The fourth-order valence-electron chi connectivity index (χ4n) is 1.80. The van der Waals surface area contributed by atoms with Crippen molar-refractivity contribution in [3.8, 4) is 0 Å². The highest BCUT2D eigenvalue weighted by Gasteiger charge is 2.14. The molecule has 0 fully saturated rings. The van der Waals surface area contributed by atoms with Crippen LogP contribution in [0.5, 0.6) is 0 Å². The van der Waals surface area contributed by atoms with Crippen LogP contribution in [0.1, 0.15) is 11.1 Å². The lowest BCUT2D eigenvalue weighted by atomic mass is 10.0. The lowest BCUT2D eigenvalue weighted by Gasteiger charge is -2.08. The minimum absolute atomic E-state index is 0.0265. The van der Waals surface area contributed by atoms with Gasteiger partial charge in [0.2, 0.25) is 10.0 Å². The first kappa shape index (κ1) is 13.6. The normalized spacial score (nSPS) is 11.5. The minimum atomic E-state index is -3.87. The second-order valence-electron chi connectivity index (χ2n) is 4.07. The van der Waals surface area contributed by atoms with Crippen molar-refractivity contribution in [2.45, 2.75) is 11.3 Å². The van der Waals surface area contributed by atoms with Crippen molar-refractivity contribution in [3.05, 3.63) is 65.2 Å². The summed E-state index contributed by atoms with van der Waals surface area (Å²) < 4.78 is 49.2. The van der Waals surface area contributed by atoms with Crippen molar-refractivity contribution in [3.63, 3.8) is 0 Å². The average Bonchev–Trinajstić information content (AvgIpc) is 2.32. The maximum Gasteiger partial charge on any atom is 0.238 e. The first-order valence-corrected chi connectivity index (χ1v) is 6.97. The summed E-state index contributed by atoms with van der Waals surface area (Å²) in [6, 6.07) is 9.22. The van der Waals surface area contributed by atoms with Gasteiger partial charge in [-0.2, -0.15) is 0 Å². The molecule has 0 unspecified atom stereocenters. The van der Waals surface area contributed by atoms with Crippen LogP contribution in [0.2, 0.25) is 0 Å². The molecule has 0 radical (unpaired) electrons. The molecule has 0 amide bonds. The summed E-state index contributed by atoms with van der Waals surface area (Å²) in [4.78, 5) is -0.0567. The summed E-state index contributed by atoms with van der Waals surface area (Å²) in [6.07, 6.45) is 0.0265. The van der Waals surface area contributed by atoms with Crippen molar-refractivity contribution >= 4 is 10.0 Å². The lowest BCUT2D eigenvalue weighted by Crippen LogP contribution is -2.14. The van der Waals surface area contributed by atoms with Gasteiger partial charge in [-0.25, -0.2) is 22.3 Å². The molecule has 0 aliphatic heterocycles. The molecule has 19 heavy (non-hydrogen) atoms. The van der Waals surface area contributed by atoms with Crippen LogP contribution in [0.4, 0.5) is 8.78 Å². The SMILES string of the molecule is NS(=O)(=O)c1ccccc1Cc1ccc(F)cc1F. The number of sulfonamides is 1. The Bertz CT molecular complexity index is 714. The van der Waals surface area contributed by atoms with Crippen molar-refractivity contribution in [1.82, 2.24) is 0 Å². The Morgan fingerprint density at radius 2 is 1.68 bits per heavy atom. The van der Waals surface area contributed by atoms with Gasteiger partial charge in [0.25, 0.3) is 0 Å². The third-order valence-corrected chi connectivity index (χ3v) is 3.69. The molecule has 0 bridgehead atoms. The average molecular weight is 283 g/mol. The van der Waals surface area contributed by atoms with Gasteiger partial charge in [-0.15, -0.1) is 0 Å². The summed E-state index contributed by atoms with van der Waals surface area (Å²) in [5.41, 5.74) is 0.577. The highest BCUT2D eigenvalue weighted by molar-refractivity contribution is 7.89. The van der Waals surface area contributed by atoms with Gasteiger partial charge in [-0.3, -0.25) is 0 Å². The summed E-state index contributed by atoms with van der Waals surface area (Å²) >= 11 is 0. The van der Waals surface area contributed by atoms with E-state index < -0.39 is 21.7 Å². The summed E-state index contributed by atoms with van der Waals surface area (Å²) in [7, 11) is -3.87. The Hall–Kier alpha value is -1.79. The van der Waals surface area contributed by atoms with E-state index in [0.29, 0.717) is 5.56 Å². The highest BCUT2D eigenvalue weighted by Crippen LogP contribution is 2.20. The predicted octanol–water partition coefficient (Wildman–Crippen LogP) is 2.20. The van der Waals surface area contributed by atoms with E-state index in [9.17, 15) is 17.2 Å². The number of nitrogens with two attached hydrogens (primary N) is 1. The summed E-state index contributed by atoms with van der Waals surface area (Å²) in [5, 5.41) is 5.09.